The summed E-state index contributed by atoms with van der Waals surface area (Å²) in [6, 6.07) is 36.6. The van der Waals surface area contributed by atoms with Crippen LogP contribution in [-0.2, 0) is 18.5 Å². The van der Waals surface area contributed by atoms with E-state index in [1.54, 1.807) is 0 Å². The molecule has 0 radical (unpaired) electrons. The Kier molecular flexibility index (Phi) is 9.54. The first-order chi connectivity index (χ1) is 22.4. The molecule has 2 heteroatoms. The number of rotatable bonds is 11. The quantitative estimate of drug-likeness (QED) is 0.132. The third kappa shape index (κ3) is 5.95. The maximum atomic E-state index is 2.71. The molecule has 3 heterocycles. The lowest BCUT2D eigenvalue weighted by molar-refractivity contribution is -0.765. The van der Waals surface area contributed by atoms with E-state index in [0.29, 0.717) is 11.8 Å². The Morgan fingerprint density at radius 2 is 1.50 bits per heavy atom. The van der Waals surface area contributed by atoms with Gasteiger partial charge in [-0.3, -0.25) is 0 Å². The number of fused-ring (bicyclic) bond motifs is 3. The molecular formula is C44H52N2+2. The largest absolute Gasteiger partial charge is 0.213 e. The molecule has 0 amide bonds. The zero-order valence-corrected chi connectivity index (χ0v) is 28.9. The summed E-state index contributed by atoms with van der Waals surface area (Å²) in [6.45, 7) is 15.0. The molecule has 0 saturated carbocycles. The molecule has 2 aromatic heterocycles. The minimum atomic E-state index is 0.0194. The van der Waals surface area contributed by atoms with Crippen molar-refractivity contribution in [2.45, 2.75) is 104 Å². The van der Waals surface area contributed by atoms with Gasteiger partial charge in [-0.2, -0.15) is 9.13 Å². The molecule has 1 aliphatic heterocycles. The number of aromatic nitrogens is 2. The van der Waals surface area contributed by atoms with Gasteiger partial charge in [0.1, 0.15) is 6.54 Å². The summed E-state index contributed by atoms with van der Waals surface area (Å²) in [5.74, 6) is 0.902. The molecule has 1 atom stereocenters. The lowest BCUT2D eigenvalue weighted by Gasteiger charge is -2.40. The van der Waals surface area contributed by atoms with Crippen molar-refractivity contribution in [2.24, 2.45) is 0 Å². The Balaban J connectivity index is 1.47. The van der Waals surface area contributed by atoms with Gasteiger partial charge in [0.25, 0.3) is 0 Å². The summed E-state index contributed by atoms with van der Waals surface area (Å²) in [5.41, 5.74) is 13.7. The van der Waals surface area contributed by atoms with E-state index in [9.17, 15) is 0 Å². The van der Waals surface area contributed by atoms with Crippen LogP contribution >= 0.6 is 0 Å². The van der Waals surface area contributed by atoms with Gasteiger partial charge in [-0.15, -0.1) is 0 Å². The molecule has 5 aromatic rings. The predicted molar refractivity (Wildman–Crippen MR) is 193 cm³/mol. The van der Waals surface area contributed by atoms with Crippen molar-refractivity contribution in [3.05, 3.63) is 132 Å². The summed E-state index contributed by atoms with van der Waals surface area (Å²) in [7, 11) is 0. The molecule has 0 saturated heterocycles. The molecule has 2 nitrogen and oxygen atoms in total. The topological polar surface area (TPSA) is 7.76 Å². The summed E-state index contributed by atoms with van der Waals surface area (Å²) >= 11 is 0. The number of hydrogen-bond acceptors (Lipinski definition) is 0. The lowest BCUT2D eigenvalue weighted by atomic mass is 9.68. The van der Waals surface area contributed by atoms with Crippen LogP contribution in [0.5, 0.6) is 0 Å². The van der Waals surface area contributed by atoms with E-state index in [-0.39, 0.29) is 5.54 Å². The Bertz CT molecular complexity index is 1790. The van der Waals surface area contributed by atoms with Gasteiger partial charge in [0.15, 0.2) is 17.9 Å². The highest BCUT2D eigenvalue weighted by molar-refractivity contribution is 5.70. The van der Waals surface area contributed by atoms with Crippen molar-refractivity contribution >= 4 is 0 Å². The van der Waals surface area contributed by atoms with E-state index in [1.807, 2.05) is 0 Å². The molecular weight excluding hydrogens is 556 g/mol. The summed E-state index contributed by atoms with van der Waals surface area (Å²) in [5, 5.41) is 0. The Labute approximate surface area is 277 Å². The highest BCUT2D eigenvalue weighted by atomic mass is 15.1. The molecule has 236 valence electrons. The molecule has 1 aliphatic rings. The number of benzene rings is 3. The maximum absolute atomic E-state index is 2.71. The van der Waals surface area contributed by atoms with Crippen LogP contribution in [0.4, 0.5) is 0 Å². The molecule has 3 aromatic carbocycles. The van der Waals surface area contributed by atoms with Crippen LogP contribution in [0.25, 0.3) is 33.6 Å². The first-order valence-electron chi connectivity index (χ1n) is 17.7. The zero-order chi connectivity index (χ0) is 32.3. The second kappa shape index (κ2) is 13.8. The van der Waals surface area contributed by atoms with E-state index in [0.717, 1.165) is 32.2 Å². The van der Waals surface area contributed by atoms with Crippen molar-refractivity contribution in [1.29, 1.82) is 0 Å². The van der Waals surface area contributed by atoms with E-state index in [2.05, 4.69) is 160 Å². The second-order valence-electron chi connectivity index (χ2n) is 13.7. The molecule has 0 spiro atoms. The third-order valence-corrected chi connectivity index (χ3v) is 10.8. The van der Waals surface area contributed by atoms with Crippen LogP contribution in [0.15, 0.2) is 109 Å². The molecule has 0 fully saturated rings. The predicted octanol–water partition coefficient (Wildman–Crippen LogP) is 10.7. The van der Waals surface area contributed by atoms with Gasteiger partial charge < -0.3 is 0 Å². The lowest BCUT2D eigenvalue weighted by Crippen LogP contribution is -2.62. The minimum absolute atomic E-state index is 0.0194. The van der Waals surface area contributed by atoms with Crippen molar-refractivity contribution in [3.63, 3.8) is 0 Å². The fourth-order valence-electron chi connectivity index (χ4n) is 7.97. The van der Waals surface area contributed by atoms with Gasteiger partial charge in [0.2, 0.25) is 11.4 Å². The van der Waals surface area contributed by atoms with Gasteiger partial charge in [-0.1, -0.05) is 102 Å². The number of nitrogens with zero attached hydrogens (tertiary/aromatic N) is 2. The van der Waals surface area contributed by atoms with Crippen molar-refractivity contribution in [3.8, 4) is 33.6 Å². The van der Waals surface area contributed by atoms with Crippen molar-refractivity contribution in [1.82, 2.24) is 0 Å². The van der Waals surface area contributed by atoms with Gasteiger partial charge in [0.05, 0.1) is 11.5 Å². The first-order valence-corrected chi connectivity index (χ1v) is 17.7. The Hall–Kier alpha value is -4.04. The maximum Gasteiger partial charge on any atom is 0.213 e. The van der Waals surface area contributed by atoms with E-state index >= 15 is 0 Å². The van der Waals surface area contributed by atoms with E-state index < -0.39 is 0 Å². The van der Waals surface area contributed by atoms with Crippen LogP contribution in [0.3, 0.4) is 0 Å². The van der Waals surface area contributed by atoms with Crippen LogP contribution in [0, 0.1) is 6.92 Å². The van der Waals surface area contributed by atoms with Crippen molar-refractivity contribution < 1.29 is 9.13 Å². The van der Waals surface area contributed by atoms with Crippen molar-refractivity contribution in [2.75, 3.05) is 0 Å². The molecule has 0 bridgehead atoms. The van der Waals surface area contributed by atoms with Gasteiger partial charge >= 0.3 is 0 Å². The summed E-state index contributed by atoms with van der Waals surface area (Å²) < 4.78 is 5.23. The standard InChI is InChI=1S/C44H52N2/c1-7-10-17-34-21-23-39-40(29-34)42-24-22-37(32(4)5)31-46(42)44(8-2,9-3)41(39)26-28-45-27-25-36(35-18-12-11-13-19-35)30-43(45)38-20-15-14-16-33(38)6/h11-16,18-25,27,29-32,41H,7-10,17,26,28H2,1-6H3/q+2. The highest BCUT2D eigenvalue weighted by Gasteiger charge is 2.51. The summed E-state index contributed by atoms with van der Waals surface area (Å²) in [6.07, 6.45) is 11.7. The number of aryl methyl sites for hydroxylation is 3. The third-order valence-electron chi connectivity index (χ3n) is 10.8. The van der Waals surface area contributed by atoms with Gasteiger partial charge in [0, 0.05) is 48.6 Å². The molecule has 46 heavy (non-hydrogen) atoms. The normalized spacial score (nSPS) is 15.1. The van der Waals surface area contributed by atoms with Gasteiger partial charge in [-0.05, 0) is 71.7 Å². The first kappa shape index (κ1) is 31.9. The smallest absolute Gasteiger partial charge is 0.198 e. The zero-order valence-electron chi connectivity index (χ0n) is 28.9. The number of unbranched alkanes of at least 4 members (excludes halogenated alkanes) is 1. The monoisotopic (exact) mass is 608 g/mol. The van der Waals surface area contributed by atoms with E-state index in [4.69, 9.17) is 0 Å². The number of hydrogen-bond donors (Lipinski definition) is 0. The van der Waals surface area contributed by atoms with Gasteiger partial charge in [-0.25, -0.2) is 0 Å². The SMILES string of the molecule is CCCCc1ccc2c(c1)-c1ccc(C(C)C)c[n+]1C(CC)(CC)C2CC[n+]1ccc(-c2ccccc2)cc1-c1ccccc1C. The molecule has 6 rings (SSSR count). The fraction of sp³-hybridized carbons (Fsp3) is 0.364. The van der Waals surface area contributed by atoms with Crippen LogP contribution in [-0.4, -0.2) is 0 Å². The number of pyridine rings is 2. The molecule has 0 N–H and O–H groups in total. The Morgan fingerprint density at radius 3 is 2.22 bits per heavy atom. The summed E-state index contributed by atoms with van der Waals surface area (Å²) in [4.78, 5) is 0. The van der Waals surface area contributed by atoms with Crippen LogP contribution in [0.2, 0.25) is 0 Å². The molecule has 1 unspecified atom stereocenters. The minimum Gasteiger partial charge on any atom is -0.198 e. The average Bonchev–Trinajstić information content (AvgIpc) is 3.10. The van der Waals surface area contributed by atoms with Crippen LogP contribution in [0.1, 0.15) is 101 Å². The highest BCUT2D eigenvalue weighted by Crippen LogP contribution is 2.47. The second-order valence-corrected chi connectivity index (χ2v) is 13.7. The fourth-order valence-corrected chi connectivity index (χ4v) is 7.97. The Morgan fingerprint density at radius 1 is 0.739 bits per heavy atom. The average molecular weight is 609 g/mol. The molecule has 0 aliphatic carbocycles. The van der Waals surface area contributed by atoms with E-state index in [1.165, 1.54) is 68.7 Å². The van der Waals surface area contributed by atoms with Crippen LogP contribution < -0.4 is 9.13 Å².